The molecular weight excluding hydrogens is 396 g/mol. The molecule has 0 saturated heterocycles. The topological polar surface area (TPSA) is 0 Å². The van der Waals surface area contributed by atoms with Crippen LogP contribution in [-0.2, 0) is 6.42 Å². The van der Waals surface area contributed by atoms with Crippen molar-refractivity contribution in [2.24, 2.45) is 0 Å². The van der Waals surface area contributed by atoms with E-state index in [1.165, 1.54) is 65.8 Å². The van der Waals surface area contributed by atoms with Gasteiger partial charge >= 0.3 is 0 Å². The third-order valence-electron chi connectivity index (χ3n) is 6.51. The molecule has 0 unspecified atom stereocenters. The van der Waals surface area contributed by atoms with Crippen molar-refractivity contribution in [2.75, 3.05) is 0 Å². The monoisotopic (exact) mass is 424 g/mol. The molecule has 0 heterocycles. The molecule has 0 nitrogen and oxygen atoms in total. The maximum atomic E-state index is 3.36. The second-order valence-corrected chi connectivity index (χ2v) is 8.55. The Morgan fingerprint density at radius 2 is 0.970 bits per heavy atom. The van der Waals surface area contributed by atoms with Gasteiger partial charge in [0.05, 0.1) is 0 Å². The fourth-order valence-electron chi connectivity index (χ4n) is 4.95. The van der Waals surface area contributed by atoms with E-state index in [0.29, 0.717) is 0 Å². The molecule has 0 aliphatic carbocycles. The number of benzene rings is 6. The van der Waals surface area contributed by atoms with Crippen LogP contribution in [-0.4, -0.2) is 0 Å². The van der Waals surface area contributed by atoms with Crippen LogP contribution in [0.4, 0.5) is 0 Å². The van der Waals surface area contributed by atoms with E-state index in [-0.39, 0.29) is 0 Å². The van der Waals surface area contributed by atoms with Crippen LogP contribution < -0.4 is 0 Å². The summed E-state index contributed by atoms with van der Waals surface area (Å²) in [6.45, 7) is 8.96. The molecule has 0 bridgehead atoms. The summed E-state index contributed by atoms with van der Waals surface area (Å²) in [5, 5.41) is 13.3. The number of hydrogen-bond donors (Lipinski definition) is 0. The Hall–Kier alpha value is -3.90. The average molecular weight is 425 g/mol. The number of hydrogen-bond acceptors (Lipinski definition) is 0. The smallest absolute Gasteiger partial charge is 0.00987 e. The van der Waals surface area contributed by atoms with E-state index in [9.17, 15) is 0 Å². The normalized spacial score (nSPS) is 11.1. The standard InChI is InChI=1S/C29H22.C4H6/c1-2-5-19-8-11-23-21(18-19)10-13-27-25(23)15-17-28-26-12-9-20-6-3-4-7-22(20)24(26)14-16-29(27)28;1-3-4-2/h3-4,6-18H,2,5H2,1H3;3-4H,1-2H2. The van der Waals surface area contributed by atoms with E-state index in [1.807, 2.05) is 0 Å². The fraction of sp³-hybridized carbons (Fsp3) is 0.0909. The van der Waals surface area contributed by atoms with Gasteiger partial charge in [-0.3, -0.25) is 0 Å². The highest BCUT2D eigenvalue weighted by molar-refractivity contribution is 6.24. The number of fused-ring (bicyclic) bond motifs is 9. The molecule has 6 aromatic carbocycles. The van der Waals surface area contributed by atoms with Crippen LogP contribution >= 0.6 is 0 Å². The van der Waals surface area contributed by atoms with Crippen LogP contribution in [0.3, 0.4) is 0 Å². The second-order valence-electron chi connectivity index (χ2n) is 8.55. The van der Waals surface area contributed by atoms with Crippen molar-refractivity contribution in [1.29, 1.82) is 0 Å². The summed E-state index contributed by atoms with van der Waals surface area (Å²) in [6.07, 6.45) is 5.61. The minimum atomic E-state index is 1.14. The first-order chi connectivity index (χ1) is 16.2. The van der Waals surface area contributed by atoms with E-state index in [2.05, 4.69) is 111 Å². The zero-order chi connectivity index (χ0) is 22.8. The van der Waals surface area contributed by atoms with Gasteiger partial charge in [0.1, 0.15) is 0 Å². The summed E-state index contributed by atoms with van der Waals surface area (Å²) in [4.78, 5) is 0. The minimum absolute atomic E-state index is 1.14. The Labute approximate surface area is 195 Å². The summed E-state index contributed by atoms with van der Waals surface area (Å²) in [6, 6.07) is 34.0. The summed E-state index contributed by atoms with van der Waals surface area (Å²) >= 11 is 0. The Morgan fingerprint density at radius 3 is 1.55 bits per heavy atom. The summed E-state index contributed by atoms with van der Waals surface area (Å²) in [5.74, 6) is 0. The van der Waals surface area contributed by atoms with Gasteiger partial charge in [-0.15, -0.1) is 0 Å². The molecule has 0 amide bonds. The van der Waals surface area contributed by atoms with E-state index < -0.39 is 0 Å². The summed E-state index contributed by atoms with van der Waals surface area (Å²) < 4.78 is 0. The van der Waals surface area contributed by atoms with Crippen molar-refractivity contribution < 1.29 is 0 Å². The first kappa shape index (κ1) is 21.0. The van der Waals surface area contributed by atoms with Crippen molar-refractivity contribution in [3.05, 3.63) is 122 Å². The fourth-order valence-corrected chi connectivity index (χ4v) is 4.95. The predicted octanol–water partition coefficient (Wildman–Crippen LogP) is 9.76. The average Bonchev–Trinajstić information content (AvgIpc) is 2.88. The lowest BCUT2D eigenvalue weighted by atomic mass is 9.92. The largest absolute Gasteiger partial charge is 0.0991 e. The van der Waals surface area contributed by atoms with Gasteiger partial charge in [0, 0.05) is 0 Å². The Balaban J connectivity index is 0.000000531. The van der Waals surface area contributed by atoms with Crippen LogP contribution in [0, 0.1) is 0 Å². The first-order valence-electron chi connectivity index (χ1n) is 11.7. The number of allylic oxidation sites excluding steroid dienone is 2. The molecule has 33 heavy (non-hydrogen) atoms. The van der Waals surface area contributed by atoms with Crippen molar-refractivity contribution in [3.63, 3.8) is 0 Å². The van der Waals surface area contributed by atoms with Crippen LogP contribution in [0.25, 0.3) is 53.9 Å². The molecule has 0 saturated carbocycles. The lowest BCUT2D eigenvalue weighted by molar-refractivity contribution is 0.924. The maximum Gasteiger partial charge on any atom is -0.00987 e. The van der Waals surface area contributed by atoms with Crippen LogP contribution in [0.1, 0.15) is 18.9 Å². The van der Waals surface area contributed by atoms with Crippen LogP contribution in [0.15, 0.2) is 116 Å². The lowest BCUT2D eigenvalue weighted by Crippen LogP contribution is -1.86. The molecule has 0 radical (unpaired) electrons. The molecule has 0 heteroatoms. The third-order valence-corrected chi connectivity index (χ3v) is 6.51. The van der Waals surface area contributed by atoms with Crippen molar-refractivity contribution in [3.8, 4) is 0 Å². The van der Waals surface area contributed by atoms with Crippen molar-refractivity contribution >= 4 is 53.9 Å². The van der Waals surface area contributed by atoms with Crippen molar-refractivity contribution in [2.45, 2.75) is 19.8 Å². The molecule has 0 aliphatic rings. The maximum absolute atomic E-state index is 3.36. The molecule has 6 rings (SSSR count). The Bertz CT molecular complexity index is 1640. The highest BCUT2D eigenvalue weighted by atomic mass is 14.1. The van der Waals surface area contributed by atoms with Gasteiger partial charge in [-0.2, -0.15) is 0 Å². The van der Waals surface area contributed by atoms with Gasteiger partial charge in [0.25, 0.3) is 0 Å². The third kappa shape index (κ3) is 3.68. The highest BCUT2D eigenvalue weighted by Gasteiger charge is 2.09. The minimum Gasteiger partial charge on any atom is -0.0991 e. The number of aryl methyl sites for hydroxylation is 1. The molecule has 0 aromatic heterocycles. The number of rotatable bonds is 3. The van der Waals surface area contributed by atoms with Gasteiger partial charge in [0.15, 0.2) is 0 Å². The summed E-state index contributed by atoms with van der Waals surface area (Å²) in [5.41, 5.74) is 1.43. The molecule has 0 atom stereocenters. The lowest BCUT2D eigenvalue weighted by Gasteiger charge is -2.12. The molecule has 0 fully saturated rings. The van der Waals surface area contributed by atoms with E-state index in [4.69, 9.17) is 0 Å². The summed E-state index contributed by atoms with van der Waals surface area (Å²) in [7, 11) is 0. The van der Waals surface area contributed by atoms with Gasteiger partial charge in [0.2, 0.25) is 0 Å². The molecule has 0 N–H and O–H groups in total. The Kier molecular flexibility index (Phi) is 5.67. The van der Waals surface area contributed by atoms with E-state index >= 15 is 0 Å². The molecule has 0 aliphatic heterocycles. The predicted molar refractivity (Wildman–Crippen MR) is 148 cm³/mol. The van der Waals surface area contributed by atoms with Gasteiger partial charge in [-0.25, -0.2) is 0 Å². The molecule has 160 valence electrons. The van der Waals surface area contributed by atoms with Gasteiger partial charge < -0.3 is 0 Å². The van der Waals surface area contributed by atoms with E-state index in [0.717, 1.165) is 6.42 Å². The van der Waals surface area contributed by atoms with Crippen molar-refractivity contribution in [1.82, 2.24) is 0 Å². The van der Waals surface area contributed by atoms with Gasteiger partial charge in [-0.05, 0) is 65.8 Å². The molecular formula is C33H28. The highest BCUT2D eigenvalue weighted by Crippen LogP contribution is 2.37. The first-order valence-corrected chi connectivity index (χ1v) is 11.7. The second kappa shape index (κ2) is 8.92. The van der Waals surface area contributed by atoms with Gasteiger partial charge in [-0.1, -0.05) is 130 Å². The molecule has 0 spiro atoms. The zero-order valence-electron chi connectivity index (χ0n) is 19.1. The Morgan fingerprint density at radius 1 is 0.515 bits per heavy atom. The van der Waals surface area contributed by atoms with Crippen LogP contribution in [0.5, 0.6) is 0 Å². The van der Waals surface area contributed by atoms with Crippen LogP contribution in [0.2, 0.25) is 0 Å². The SMILES string of the molecule is C=CC=C.CCCc1ccc2c(ccc3c2ccc2c4ccc5ccccc5c4ccc32)c1. The molecule has 6 aromatic rings. The quantitative estimate of drug-likeness (QED) is 0.196. The van der Waals surface area contributed by atoms with E-state index in [1.54, 1.807) is 12.2 Å². The zero-order valence-corrected chi connectivity index (χ0v) is 19.1.